The summed E-state index contributed by atoms with van der Waals surface area (Å²) in [6.45, 7) is 2.77. The van der Waals surface area contributed by atoms with Gasteiger partial charge in [0.05, 0.1) is 10.0 Å². The van der Waals surface area contributed by atoms with Gasteiger partial charge in [0.25, 0.3) is 0 Å². The number of rotatable bonds is 1. The Kier molecular flexibility index (Phi) is 3.90. The Labute approximate surface area is 108 Å². The van der Waals surface area contributed by atoms with Gasteiger partial charge in [-0.2, -0.15) is 0 Å². The van der Waals surface area contributed by atoms with Crippen molar-refractivity contribution in [3.8, 4) is 0 Å². The van der Waals surface area contributed by atoms with Crippen LogP contribution in [0.4, 0.5) is 0 Å². The van der Waals surface area contributed by atoms with Gasteiger partial charge in [-0.1, -0.05) is 29.3 Å². The first kappa shape index (κ1) is 12.4. The summed E-state index contributed by atoms with van der Waals surface area (Å²) in [6.07, 6.45) is 0. The Hall–Kier alpha value is -0.0900. The molecule has 1 aromatic rings. The molecule has 0 amide bonds. The Morgan fingerprint density at radius 2 is 2.12 bits per heavy atom. The minimum Gasteiger partial charge on any atom is -0.308 e. The average Bonchev–Trinajstić information content (AvgIpc) is 2.26. The summed E-state index contributed by atoms with van der Waals surface area (Å²) in [5, 5.41) is 4.69. The second-order valence-corrected chi connectivity index (χ2v) is 6.71. The summed E-state index contributed by atoms with van der Waals surface area (Å²) in [5.74, 6) is 0.638. The monoisotopic (exact) mass is 277 g/mol. The highest BCUT2D eigenvalue weighted by atomic mass is 35.5. The minimum absolute atomic E-state index is 0.117. The van der Waals surface area contributed by atoms with Gasteiger partial charge in [0.1, 0.15) is 0 Å². The molecule has 1 aliphatic heterocycles. The van der Waals surface area contributed by atoms with Crippen LogP contribution in [0, 0.1) is 0 Å². The number of hydrogen-bond acceptors (Lipinski definition) is 2. The van der Waals surface area contributed by atoms with Crippen molar-refractivity contribution >= 4 is 34.0 Å². The third kappa shape index (κ3) is 2.59. The summed E-state index contributed by atoms with van der Waals surface area (Å²) in [4.78, 5) is 0. The molecule has 1 saturated heterocycles. The van der Waals surface area contributed by atoms with Crippen LogP contribution in [0.3, 0.4) is 0 Å². The third-order valence-corrected chi connectivity index (χ3v) is 5.24. The van der Waals surface area contributed by atoms with Crippen molar-refractivity contribution in [1.82, 2.24) is 5.32 Å². The maximum Gasteiger partial charge on any atom is 0.0595 e. The topological polar surface area (TPSA) is 29.1 Å². The molecule has 2 rings (SSSR count). The summed E-state index contributed by atoms with van der Waals surface area (Å²) in [5.41, 5.74) is 1.05. The van der Waals surface area contributed by atoms with E-state index in [4.69, 9.17) is 23.2 Å². The van der Waals surface area contributed by atoms with E-state index in [1.54, 1.807) is 6.07 Å². The van der Waals surface area contributed by atoms with Crippen LogP contribution >= 0.6 is 23.2 Å². The van der Waals surface area contributed by atoms with Gasteiger partial charge in [-0.15, -0.1) is 0 Å². The predicted octanol–water partition coefficient (Wildman–Crippen LogP) is 2.77. The lowest BCUT2D eigenvalue weighted by Crippen LogP contribution is -2.41. The van der Waals surface area contributed by atoms with Crippen LogP contribution < -0.4 is 5.32 Å². The smallest absolute Gasteiger partial charge is 0.0595 e. The lowest BCUT2D eigenvalue weighted by Gasteiger charge is -2.27. The van der Waals surface area contributed by atoms with Gasteiger partial charge in [-0.25, -0.2) is 0 Å². The maximum absolute atomic E-state index is 11.7. The Morgan fingerprint density at radius 1 is 1.38 bits per heavy atom. The van der Waals surface area contributed by atoms with E-state index in [1.165, 1.54) is 0 Å². The Balaban J connectivity index is 2.18. The van der Waals surface area contributed by atoms with Gasteiger partial charge in [0.2, 0.25) is 0 Å². The SMILES string of the molecule is CC1CNC(c2ccc(Cl)c(Cl)c2)CS1=O. The first-order valence-corrected chi connectivity index (χ1v) is 7.27. The number of hydrogen-bond donors (Lipinski definition) is 1. The van der Waals surface area contributed by atoms with Crippen LogP contribution in [0.25, 0.3) is 0 Å². The summed E-state index contributed by atoms with van der Waals surface area (Å²) >= 11 is 11.8. The molecule has 1 aromatic carbocycles. The standard InChI is InChI=1S/C11H13Cl2NOS/c1-7-5-14-11(6-16(7)15)8-2-3-9(12)10(13)4-8/h2-4,7,11,14H,5-6H2,1H3. The molecule has 3 atom stereocenters. The third-order valence-electron chi connectivity index (χ3n) is 2.78. The van der Waals surface area contributed by atoms with Crippen LogP contribution in [0.5, 0.6) is 0 Å². The van der Waals surface area contributed by atoms with Crippen LogP contribution in [-0.2, 0) is 10.8 Å². The first-order chi connectivity index (χ1) is 7.58. The van der Waals surface area contributed by atoms with Crippen LogP contribution in [0.2, 0.25) is 10.0 Å². The normalized spacial score (nSPS) is 30.3. The molecule has 0 spiro atoms. The molecule has 0 bridgehead atoms. The summed E-state index contributed by atoms with van der Waals surface area (Å²) in [6, 6.07) is 5.67. The fraction of sp³-hybridized carbons (Fsp3) is 0.455. The minimum atomic E-state index is -0.766. The molecule has 2 nitrogen and oxygen atoms in total. The van der Waals surface area contributed by atoms with Crippen molar-refractivity contribution < 1.29 is 4.21 Å². The number of halogens is 2. The zero-order chi connectivity index (χ0) is 11.7. The molecule has 1 N–H and O–H groups in total. The van der Waals surface area contributed by atoms with Crippen LogP contribution in [0.1, 0.15) is 18.5 Å². The number of benzene rings is 1. The Bertz CT molecular complexity index is 424. The van der Waals surface area contributed by atoms with Gasteiger partial charge in [0.15, 0.2) is 0 Å². The van der Waals surface area contributed by atoms with Crippen LogP contribution in [0.15, 0.2) is 18.2 Å². The van der Waals surface area contributed by atoms with Crippen molar-refractivity contribution in [3.05, 3.63) is 33.8 Å². The average molecular weight is 278 g/mol. The molecule has 1 heterocycles. The van der Waals surface area contributed by atoms with E-state index in [-0.39, 0.29) is 11.3 Å². The molecule has 5 heteroatoms. The van der Waals surface area contributed by atoms with Gasteiger partial charge >= 0.3 is 0 Å². The fourth-order valence-electron chi connectivity index (χ4n) is 1.73. The molecule has 16 heavy (non-hydrogen) atoms. The molecular formula is C11H13Cl2NOS. The highest BCUT2D eigenvalue weighted by molar-refractivity contribution is 7.85. The zero-order valence-electron chi connectivity index (χ0n) is 8.87. The van der Waals surface area contributed by atoms with Gasteiger partial charge in [-0.3, -0.25) is 4.21 Å². The van der Waals surface area contributed by atoms with Crippen molar-refractivity contribution in [2.24, 2.45) is 0 Å². The number of nitrogens with one attached hydrogen (secondary N) is 1. The lowest BCUT2D eigenvalue weighted by molar-refractivity contribution is 0.540. The molecule has 0 aromatic heterocycles. The quantitative estimate of drug-likeness (QED) is 0.855. The molecule has 88 valence electrons. The second-order valence-electron chi connectivity index (χ2n) is 3.99. The second kappa shape index (κ2) is 5.05. The van der Waals surface area contributed by atoms with Crippen molar-refractivity contribution in [3.63, 3.8) is 0 Å². The van der Waals surface area contributed by atoms with E-state index in [0.717, 1.165) is 12.1 Å². The lowest BCUT2D eigenvalue weighted by atomic mass is 10.1. The highest BCUT2D eigenvalue weighted by Crippen LogP contribution is 2.27. The molecule has 1 aliphatic rings. The predicted molar refractivity (Wildman–Crippen MR) is 69.7 cm³/mol. The first-order valence-electron chi connectivity index (χ1n) is 5.13. The van der Waals surface area contributed by atoms with Crippen molar-refractivity contribution in [2.45, 2.75) is 18.2 Å². The van der Waals surface area contributed by atoms with E-state index in [9.17, 15) is 4.21 Å². The largest absolute Gasteiger partial charge is 0.308 e. The fourth-order valence-corrected chi connectivity index (χ4v) is 3.29. The van der Waals surface area contributed by atoms with E-state index in [1.807, 2.05) is 19.1 Å². The maximum atomic E-state index is 11.7. The van der Waals surface area contributed by atoms with Crippen molar-refractivity contribution in [1.29, 1.82) is 0 Å². The summed E-state index contributed by atoms with van der Waals surface area (Å²) < 4.78 is 11.7. The molecule has 0 radical (unpaired) electrons. The van der Waals surface area contributed by atoms with Gasteiger partial charge in [-0.05, 0) is 24.6 Å². The highest BCUT2D eigenvalue weighted by Gasteiger charge is 2.24. The van der Waals surface area contributed by atoms with E-state index in [2.05, 4.69) is 5.32 Å². The summed E-state index contributed by atoms with van der Waals surface area (Å²) in [7, 11) is -0.766. The molecule has 0 saturated carbocycles. The van der Waals surface area contributed by atoms with E-state index >= 15 is 0 Å². The van der Waals surface area contributed by atoms with Gasteiger partial charge < -0.3 is 5.32 Å². The zero-order valence-corrected chi connectivity index (χ0v) is 11.2. The van der Waals surface area contributed by atoms with Crippen molar-refractivity contribution in [2.75, 3.05) is 12.3 Å². The van der Waals surface area contributed by atoms with E-state index < -0.39 is 10.8 Å². The molecule has 1 fully saturated rings. The van der Waals surface area contributed by atoms with E-state index in [0.29, 0.717) is 15.8 Å². The van der Waals surface area contributed by atoms with Gasteiger partial charge in [0, 0.05) is 34.4 Å². The Morgan fingerprint density at radius 3 is 2.75 bits per heavy atom. The molecule has 0 aliphatic carbocycles. The molecule has 3 unspecified atom stereocenters. The van der Waals surface area contributed by atoms with Crippen LogP contribution in [-0.4, -0.2) is 21.8 Å². The molecular weight excluding hydrogens is 265 g/mol.